The number of cyclic esters (lactones) is 1. The lowest BCUT2D eigenvalue weighted by Crippen LogP contribution is -2.60. The van der Waals surface area contributed by atoms with Gasteiger partial charge in [0.25, 0.3) is 0 Å². The van der Waals surface area contributed by atoms with E-state index in [2.05, 4.69) is 0 Å². The molecule has 0 N–H and O–H groups in total. The predicted octanol–water partition coefficient (Wildman–Crippen LogP) is 1.06. The van der Waals surface area contributed by atoms with E-state index in [0.29, 0.717) is 6.42 Å². The van der Waals surface area contributed by atoms with Crippen molar-refractivity contribution in [2.24, 2.45) is 5.92 Å². The summed E-state index contributed by atoms with van der Waals surface area (Å²) in [5.74, 6) is -1.80. The van der Waals surface area contributed by atoms with E-state index in [-0.39, 0.29) is 25.0 Å². The zero-order valence-electron chi connectivity index (χ0n) is 12.2. The highest BCUT2D eigenvalue weighted by Crippen LogP contribution is 2.37. The molecule has 116 valence electrons. The highest BCUT2D eigenvalue weighted by molar-refractivity contribution is 5.92. The van der Waals surface area contributed by atoms with Crippen LogP contribution in [0.5, 0.6) is 0 Å². The predicted molar refractivity (Wildman–Crippen MR) is 75.5 cm³/mol. The van der Waals surface area contributed by atoms with Crippen LogP contribution in [-0.4, -0.2) is 42.5 Å². The van der Waals surface area contributed by atoms with E-state index >= 15 is 0 Å². The van der Waals surface area contributed by atoms with Gasteiger partial charge in [-0.25, -0.2) is 4.79 Å². The Labute approximate surface area is 128 Å². The topological polar surface area (TPSA) is 72.9 Å². The van der Waals surface area contributed by atoms with Crippen molar-refractivity contribution in [2.75, 3.05) is 13.7 Å². The monoisotopic (exact) mass is 303 g/mol. The Kier molecular flexibility index (Phi) is 3.83. The van der Waals surface area contributed by atoms with Crippen LogP contribution >= 0.6 is 0 Å². The number of rotatable bonds is 2. The molecule has 3 rings (SSSR count). The van der Waals surface area contributed by atoms with E-state index in [1.165, 1.54) is 12.0 Å². The second-order valence-electron chi connectivity index (χ2n) is 5.47. The zero-order chi connectivity index (χ0) is 15.7. The lowest BCUT2D eigenvalue weighted by Gasteiger charge is -2.45. The molecule has 1 aromatic carbocycles. The first-order valence-electron chi connectivity index (χ1n) is 7.24. The van der Waals surface area contributed by atoms with Crippen molar-refractivity contribution in [1.82, 2.24) is 4.90 Å². The highest BCUT2D eigenvalue weighted by atomic mass is 16.5. The van der Waals surface area contributed by atoms with Crippen molar-refractivity contribution >= 4 is 17.8 Å². The number of fused-ring (bicyclic) bond motifs is 1. The Morgan fingerprint density at radius 1 is 1.27 bits per heavy atom. The smallest absolute Gasteiger partial charge is 0.329 e. The number of morpholine rings is 1. The fourth-order valence-electron chi connectivity index (χ4n) is 3.22. The van der Waals surface area contributed by atoms with Crippen LogP contribution in [0.25, 0.3) is 0 Å². The summed E-state index contributed by atoms with van der Waals surface area (Å²) in [6, 6.07) is 8.13. The number of carbonyl (C=O) groups excluding carboxylic acids is 3. The molecule has 2 heterocycles. The van der Waals surface area contributed by atoms with Crippen LogP contribution in [0.1, 0.15) is 24.4 Å². The van der Waals surface area contributed by atoms with Crippen LogP contribution in [0.2, 0.25) is 0 Å². The molecule has 1 amide bonds. The van der Waals surface area contributed by atoms with Crippen molar-refractivity contribution in [3.05, 3.63) is 35.9 Å². The fraction of sp³-hybridized carbons (Fsp3) is 0.438. The van der Waals surface area contributed by atoms with Gasteiger partial charge < -0.3 is 14.4 Å². The van der Waals surface area contributed by atoms with Crippen molar-refractivity contribution in [1.29, 1.82) is 0 Å². The summed E-state index contributed by atoms with van der Waals surface area (Å²) in [7, 11) is 1.28. The second kappa shape index (κ2) is 5.79. The third kappa shape index (κ3) is 2.34. The minimum atomic E-state index is -0.896. The van der Waals surface area contributed by atoms with Gasteiger partial charge in [-0.05, 0) is 12.0 Å². The van der Waals surface area contributed by atoms with Gasteiger partial charge >= 0.3 is 11.9 Å². The number of hydrogen-bond donors (Lipinski definition) is 0. The number of carbonyl (C=O) groups is 3. The molecule has 2 saturated heterocycles. The molecule has 0 saturated carbocycles. The van der Waals surface area contributed by atoms with Gasteiger partial charge in [-0.1, -0.05) is 30.3 Å². The van der Waals surface area contributed by atoms with Gasteiger partial charge in [0.15, 0.2) is 0 Å². The lowest BCUT2D eigenvalue weighted by atomic mass is 9.85. The Hall–Kier alpha value is -2.37. The third-order valence-corrected chi connectivity index (χ3v) is 4.29. The molecule has 2 aliphatic heterocycles. The summed E-state index contributed by atoms with van der Waals surface area (Å²) < 4.78 is 10.0. The van der Waals surface area contributed by atoms with Gasteiger partial charge in [-0.2, -0.15) is 0 Å². The molecule has 0 radical (unpaired) electrons. The maximum absolute atomic E-state index is 12.4. The molecule has 2 aliphatic rings. The molecule has 2 fully saturated rings. The Balaban J connectivity index is 1.98. The molecular weight excluding hydrogens is 286 g/mol. The lowest BCUT2D eigenvalue weighted by molar-refractivity contribution is -0.182. The number of amides is 1. The number of methoxy groups -OCH3 is 1. The Bertz CT molecular complexity index is 600. The van der Waals surface area contributed by atoms with Gasteiger partial charge in [-0.3, -0.25) is 9.59 Å². The van der Waals surface area contributed by atoms with Crippen molar-refractivity contribution in [3.63, 3.8) is 0 Å². The molecule has 0 bridgehead atoms. The Morgan fingerprint density at radius 3 is 2.68 bits per heavy atom. The molecule has 0 aromatic heterocycles. The van der Waals surface area contributed by atoms with Crippen LogP contribution in [0.3, 0.4) is 0 Å². The van der Waals surface area contributed by atoms with Crippen molar-refractivity contribution in [2.45, 2.75) is 24.9 Å². The third-order valence-electron chi connectivity index (χ3n) is 4.29. The normalized spacial score (nSPS) is 27.9. The summed E-state index contributed by atoms with van der Waals surface area (Å²) in [5, 5.41) is 0. The molecule has 3 atom stereocenters. The number of benzene rings is 1. The first-order valence-corrected chi connectivity index (χ1v) is 7.24. The summed E-state index contributed by atoms with van der Waals surface area (Å²) in [6.07, 6.45) is 0.538. The molecular formula is C16H17NO5. The quantitative estimate of drug-likeness (QED) is 0.764. The number of piperidine rings is 1. The zero-order valence-corrected chi connectivity index (χ0v) is 12.2. The summed E-state index contributed by atoms with van der Waals surface area (Å²) in [5.41, 5.74) is 0.888. The van der Waals surface area contributed by atoms with Gasteiger partial charge in [-0.15, -0.1) is 0 Å². The molecule has 6 nitrogen and oxygen atoms in total. The average Bonchev–Trinajstić information content (AvgIpc) is 2.56. The maximum Gasteiger partial charge on any atom is 0.329 e. The first-order chi connectivity index (χ1) is 10.6. The van der Waals surface area contributed by atoms with Gasteiger partial charge in [0.05, 0.1) is 19.1 Å². The molecule has 22 heavy (non-hydrogen) atoms. The van der Waals surface area contributed by atoms with E-state index in [0.717, 1.165) is 5.56 Å². The molecule has 1 aromatic rings. The van der Waals surface area contributed by atoms with Crippen molar-refractivity contribution in [3.8, 4) is 0 Å². The van der Waals surface area contributed by atoms with Crippen LogP contribution < -0.4 is 0 Å². The van der Waals surface area contributed by atoms with Crippen LogP contribution in [-0.2, 0) is 23.9 Å². The highest BCUT2D eigenvalue weighted by Gasteiger charge is 2.51. The van der Waals surface area contributed by atoms with Gasteiger partial charge in [0, 0.05) is 6.42 Å². The maximum atomic E-state index is 12.4. The van der Waals surface area contributed by atoms with E-state index < -0.39 is 23.9 Å². The van der Waals surface area contributed by atoms with Gasteiger partial charge in [0.1, 0.15) is 12.6 Å². The van der Waals surface area contributed by atoms with E-state index in [4.69, 9.17) is 9.47 Å². The average molecular weight is 303 g/mol. The number of esters is 2. The van der Waals surface area contributed by atoms with E-state index in [9.17, 15) is 14.4 Å². The largest absolute Gasteiger partial charge is 0.469 e. The second-order valence-corrected chi connectivity index (χ2v) is 5.47. The first kappa shape index (κ1) is 14.6. The van der Waals surface area contributed by atoms with Gasteiger partial charge in [0.2, 0.25) is 5.91 Å². The van der Waals surface area contributed by atoms with Crippen molar-refractivity contribution < 1.29 is 23.9 Å². The fourth-order valence-corrected chi connectivity index (χ4v) is 3.22. The standard InChI is InChI=1S/C16H17NO5/c1-21-15(19)11-7-8-13(18)17-12(9-22-16(20)14(11)17)10-5-3-2-4-6-10/h2-6,11-12,14H,7-9H2,1H3/t11-,12+,14+/m0/s1. The minimum Gasteiger partial charge on any atom is -0.469 e. The summed E-state index contributed by atoms with van der Waals surface area (Å²) in [4.78, 5) is 38.0. The summed E-state index contributed by atoms with van der Waals surface area (Å²) >= 11 is 0. The van der Waals surface area contributed by atoms with E-state index in [1.54, 1.807) is 0 Å². The Morgan fingerprint density at radius 2 is 2.00 bits per heavy atom. The van der Waals surface area contributed by atoms with E-state index in [1.807, 2.05) is 30.3 Å². The SMILES string of the molecule is COC(=O)[C@H]1CCC(=O)N2[C@@H](c3ccccc3)COC(=O)[C@@H]12. The molecule has 0 unspecified atom stereocenters. The minimum absolute atomic E-state index is 0.110. The number of nitrogens with zero attached hydrogens (tertiary/aromatic N) is 1. The molecule has 6 heteroatoms. The number of ether oxygens (including phenoxy) is 2. The van der Waals surface area contributed by atoms with Crippen LogP contribution in [0.4, 0.5) is 0 Å². The van der Waals surface area contributed by atoms with Crippen LogP contribution in [0, 0.1) is 5.92 Å². The molecule has 0 spiro atoms. The summed E-state index contributed by atoms with van der Waals surface area (Å²) in [6.45, 7) is 0.110. The molecule has 0 aliphatic carbocycles. The van der Waals surface area contributed by atoms with Crippen LogP contribution in [0.15, 0.2) is 30.3 Å². The number of hydrogen-bond acceptors (Lipinski definition) is 5.